The van der Waals surface area contributed by atoms with E-state index < -0.39 is 0 Å². The molecule has 3 rings (SSSR count). The maximum atomic E-state index is 12.6. The Morgan fingerprint density at radius 2 is 1.61 bits per heavy atom. The molecule has 1 aliphatic heterocycles. The molecular formula is C21H23Cl2N3O2. The minimum absolute atomic E-state index is 0.0501. The van der Waals surface area contributed by atoms with Crippen molar-refractivity contribution in [2.24, 2.45) is 0 Å². The van der Waals surface area contributed by atoms with E-state index >= 15 is 0 Å². The van der Waals surface area contributed by atoms with Crippen LogP contribution >= 0.6 is 23.2 Å². The van der Waals surface area contributed by atoms with E-state index in [1.54, 1.807) is 42.5 Å². The summed E-state index contributed by atoms with van der Waals surface area (Å²) in [5, 5.41) is 6.80. The van der Waals surface area contributed by atoms with E-state index in [0.717, 1.165) is 25.9 Å². The molecule has 0 bridgehead atoms. The van der Waals surface area contributed by atoms with Gasteiger partial charge in [-0.2, -0.15) is 0 Å². The Kier molecular flexibility index (Phi) is 7.18. The van der Waals surface area contributed by atoms with Gasteiger partial charge in [0.25, 0.3) is 5.91 Å². The highest BCUT2D eigenvalue weighted by Crippen LogP contribution is 2.25. The zero-order chi connectivity index (χ0) is 19.9. The second-order valence-corrected chi connectivity index (χ2v) is 7.65. The van der Waals surface area contributed by atoms with E-state index in [0.29, 0.717) is 27.0 Å². The van der Waals surface area contributed by atoms with E-state index in [-0.39, 0.29) is 18.4 Å². The first-order valence-corrected chi connectivity index (χ1v) is 10.2. The number of rotatable bonds is 5. The molecule has 2 aromatic rings. The van der Waals surface area contributed by atoms with E-state index in [1.807, 2.05) is 4.90 Å². The molecule has 0 saturated carbocycles. The molecule has 28 heavy (non-hydrogen) atoms. The van der Waals surface area contributed by atoms with E-state index in [2.05, 4.69) is 10.6 Å². The lowest BCUT2D eigenvalue weighted by atomic mass is 10.1. The standard InChI is InChI=1S/C21H23Cl2N3O2/c22-16-7-10-18(23)19(13-16)24-14-20(27)25-17-8-5-15(6-9-17)21(28)26-11-3-1-2-4-12-26/h5-10,13,24H,1-4,11-12,14H2,(H,25,27). The average molecular weight is 420 g/mol. The van der Waals surface area contributed by atoms with Crippen LogP contribution in [0.4, 0.5) is 11.4 Å². The van der Waals surface area contributed by atoms with Crippen LogP contribution in [0.5, 0.6) is 0 Å². The predicted octanol–water partition coefficient (Wildman–Crippen LogP) is 5.06. The van der Waals surface area contributed by atoms with Gasteiger partial charge < -0.3 is 15.5 Å². The van der Waals surface area contributed by atoms with Crippen molar-refractivity contribution in [2.75, 3.05) is 30.3 Å². The number of halogens is 2. The van der Waals surface area contributed by atoms with Crippen LogP contribution in [0.2, 0.25) is 10.0 Å². The van der Waals surface area contributed by atoms with Crippen molar-refractivity contribution in [3.63, 3.8) is 0 Å². The fourth-order valence-corrected chi connectivity index (χ4v) is 3.52. The van der Waals surface area contributed by atoms with Crippen LogP contribution in [0.3, 0.4) is 0 Å². The lowest BCUT2D eigenvalue weighted by Crippen LogP contribution is -2.31. The van der Waals surface area contributed by atoms with Crippen LogP contribution in [0.25, 0.3) is 0 Å². The van der Waals surface area contributed by atoms with Crippen LogP contribution in [-0.4, -0.2) is 36.3 Å². The molecule has 0 spiro atoms. The Labute approximate surface area is 175 Å². The summed E-state index contributed by atoms with van der Waals surface area (Å²) in [6, 6.07) is 12.0. The van der Waals surface area contributed by atoms with Gasteiger partial charge >= 0.3 is 0 Å². The quantitative estimate of drug-likeness (QED) is 0.711. The third-order valence-electron chi connectivity index (χ3n) is 4.68. The van der Waals surface area contributed by atoms with Gasteiger partial charge in [-0.05, 0) is 55.3 Å². The van der Waals surface area contributed by atoms with Crippen molar-refractivity contribution >= 4 is 46.4 Å². The lowest BCUT2D eigenvalue weighted by molar-refractivity contribution is -0.114. The number of carbonyl (C=O) groups is 2. The monoisotopic (exact) mass is 419 g/mol. The van der Waals surface area contributed by atoms with E-state index in [4.69, 9.17) is 23.2 Å². The molecule has 1 fully saturated rings. The lowest BCUT2D eigenvalue weighted by Gasteiger charge is -2.20. The fourth-order valence-electron chi connectivity index (χ4n) is 3.17. The normalized spacial score (nSPS) is 14.3. The van der Waals surface area contributed by atoms with Crippen molar-refractivity contribution in [1.82, 2.24) is 4.90 Å². The molecule has 2 amide bonds. The summed E-state index contributed by atoms with van der Waals surface area (Å²) in [5.74, 6) is -0.167. The van der Waals surface area contributed by atoms with E-state index in [1.165, 1.54) is 12.8 Å². The molecule has 1 heterocycles. The maximum Gasteiger partial charge on any atom is 0.253 e. The highest BCUT2D eigenvalue weighted by Gasteiger charge is 2.17. The van der Waals surface area contributed by atoms with Crippen LogP contribution in [-0.2, 0) is 4.79 Å². The summed E-state index contributed by atoms with van der Waals surface area (Å²) in [6.45, 7) is 1.68. The number of nitrogens with one attached hydrogen (secondary N) is 2. The van der Waals surface area contributed by atoms with Crippen LogP contribution < -0.4 is 10.6 Å². The van der Waals surface area contributed by atoms with Gasteiger partial charge in [-0.3, -0.25) is 9.59 Å². The highest BCUT2D eigenvalue weighted by atomic mass is 35.5. The maximum absolute atomic E-state index is 12.6. The Bertz CT molecular complexity index is 832. The molecule has 0 unspecified atom stereocenters. The summed E-state index contributed by atoms with van der Waals surface area (Å²) < 4.78 is 0. The number of likely N-dealkylation sites (tertiary alicyclic amines) is 1. The number of hydrogen-bond acceptors (Lipinski definition) is 3. The van der Waals surface area contributed by atoms with Crippen molar-refractivity contribution in [2.45, 2.75) is 25.7 Å². The molecule has 5 nitrogen and oxygen atoms in total. The van der Waals surface area contributed by atoms with Gasteiger partial charge in [0.05, 0.1) is 17.3 Å². The van der Waals surface area contributed by atoms with Gasteiger partial charge in [-0.15, -0.1) is 0 Å². The average Bonchev–Trinajstić information content (AvgIpc) is 2.98. The minimum atomic E-state index is -0.220. The molecule has 0 atom stereocenters. The molecule has 0 radical (unpaired) electrons. The number of benzene rings is 2. The topological polar surface area (TPSA) is 61.4 Å². The molecular weight excluding hydrogens is 397 g/mol. The summed E-state index contributed by atoms with van der Waals surface area (Å²) in [7, 11) is 0. The van der Waals surface area contributed by atoms with Gasteiger partial charge in [0.2, 0.25) is 5.91 Å². The smallest absolute Gasteiger partial charge is 0.253 e. The summed E-state index contributed by atoms with van der Waals surface area (Å²) >= 11 is 12.0. The number of anilines is 2. The zero-order valence-electron chi connectivity index (χ0n) is 15.5. The van der Waals surface area contributed by atoms with Gasteiger partial charge in [0, 0.05) is 29.4 Å². The summed E-state index contributed by atoms with van der Waals surface area (Å²) in [6.07, 6.45) is 4.49. The summed E-state index contributed by atoms with van der Waals surface area (Å²) in [5.41, 5.74) is 1.88. The highest BCUT2D eigenvalue weighted by molar-refractivity contribution is 6.35. The minimum Gasteiger partial charge on any atom is -0.375 e. The Morgan fingerprint density at radius 1 is 0.929 bits per heavy atom. The van der Waals surface area contributed by atoms with Gasteiger partial charge in [-0.25, -0.2) is 0 Å². The molecule has 0 aliphatic carbocycles. The SMILES string of the molecule is O=C(CNc1cc(Cl)ccc1Cl)Nc1ccc(C(=O)N2CCCCCC2)cc1. The Hall–Kier alpha value is -2.24. The van der Waals surface area contributed by atoms with Crippen molar-refractivity contribution < 1.29 is 9.59 Å². The Morgan fingerprint density at radius 3 is 2.29 bits per heavy atom. The van der Waals surface area contributed by atoms with Gasteiger partial charge in [-0.1, -0.05) is 36.0 Å². The number of carbonyl (C=O) groups excluding carboxylic acids is 2. The van der Waals surface area contributed by atoms with Gasteiger partial charge in [0.1, 0.15) is 0 Å². The second-order valence-electron chi connectivity index (χ2n) is 6.81. The first kappa shape index (κ1) is 20.5. The van der Waals surface area contributed by atoms with E-state index in [9.17, 15) is 9.59 Å². The first-order valence-electron chi connectivity index (χ1n) is 9.41. The van der Waals surface area contributed by atoms with Crippen molar-refractivity contribution in [3.05, 3.63) is 58.1 Å². The predicted molar refractivity (Wildman–Crippen MR) is 114 cm³/mol. The van der Waals surface area contributed by atoms with Crippen LogP contribution in [0.15, 0.2) is 42.5 Å². The van der Waals surface area contributed by atoms with Crippen molar-refractivity contribution in [3.8, 4) is 0 Å². The third kappa shape index (κ3) is 5.63. The number of amides is 2. The number of nitrogens with zero attached hydrogens (tertiary/aromatic N) is 1. The molecule has 2 N–H and O–H groups in total. The van der Waals surface area contributed by atoms with Crippen LogP contribution in [0.1, 0.15) is 36.0 Å². The Balaban J connectivity index is 1.54. The fraction of sp³-hybridized carbons (Fsp3) is 0.333. The zero-order valence-corrected chi connectivity index (χ0v) is 17.0. The van der Waals surface area contributed by atoms with Gasteiger partial charge in [0.15, 0.2) is 0 Å². The molecule has 148 valence electrons. The number of hydrogen-bond donors (Lipinski definition) is 2. The molecule has 7 heteroatoms. The molecule has 0 aromatic heterocycles. The third-order valence-corrected chi connectivity index (χ3v) is 5.24. The van der Waals surface area contributed by atoms with Crippen molar-refractivity contribution in [1.29, 1.82) is 0 Å². The first-order chi connectivity index (χ1) is 13.5. The largest absolute Gasteiger partial charge is 0.375 e. The molecule has 2 aromatic carbocycles. The molecule has 1 saturated heterocycles. The second kappa shape index (κ2) is 9.80. The molecule has 1 aliphatic rings. The van der Waals surface area contributed by atoms with Crippen LogP contribution in [0, 0.1) is 0 Å². The summed E-state index contributed by atoms with van der Waals surface area (Å²) in [4.78, 5) is 26.7.